The number of hydrogen-bond acceptors (Lipinski definition) is 5. The fourth-order valence-electron chi connectivity index (χ4n) is 3.62. The SMILES string of the molecule is Cc1ccc(Cl)cc1N1CCN(c2ccc(C(=O)O)c3ncncc23)CC1. The first kappa shape index (κ1) is 17.5. The standard InChI is InChI=1S/C20H19ClN4O2/c1-13-2-3-14(21)10-18(13)25-8-6-24(7-9-25)17-5-4-15(20(26)27)19-16(17)11-22-12-23-19/h2-5,10-12H,6-9H2,1H3,(H,26,27). The summed E-state index contributed by atoms with van der Waals surface area (Å²) < 4.78 is 0. The van der Waals surface area contributed by atoms with E-state index in [2.05, 4.69) is 26.7 Å². The Morgan fingerprint density at radius 2 is 1.78 bits per heavy atom. The average molecular weight is 383 g/mol. The van der Waals surface area contributed by atoms with Gasteiger partial charge in [0.1, 0.15) is 6.33 Å². The maximum absolute atomic E-state index is 11.5. The van der Waals surface area contributed by atoms with Crippen molar-refractivity contribution in [3.05, 3.63) is 59.0 Å². The number of benzene rings is 2. The van der Waals surface area contributed by atoms with Gasteiger partial charge in [0.15, 0.2) is 0 Å². The first-order valence-electron chi connectivity index (χ1n) is 8.76. The summed E-state index contributed by atoms with van der Waals surface area (Å²) in [5, 5.41) is 10.9. The number of fused-ring (bicyclic) bond motifs is 1. The fourth-order valence-corrected chi connectivity index (χ4v) is 3.79. The second-order valence-corrected chi connectivity index (χ2v) is 7.06. The number of nitrogens with zero attached hydrogens (tertiary/aromatic N) is 4. The number of hydrogen-bond donors (Lipinski definition) is 1. The van der Waals surface area contributed by atoms with Crippen molar-refractivity contribution in [3.8, 4) is 0 Å². The summed E-state index contributed by atoms with van der Waals surface area (Å²) in [6, 6.07) is 9.44. The monoisotopic (exact) mass is 382 g/mol. The van der Waals surface area contributed by atoms with Crippen LogP contribution in [0.5, 0.6) is 0 Å². The summed E-state index contributed by atoms with van der Waals surface area (Å²) in [4.78, 5) is 24.4. The van der Waals surface area contributed by atoms with Crippen LogP contribution in [0.4, 0.5) is 11.4 Å². The summed E-state index contributed by atoms with van der Waals surface area (Å²) in [6.07, 6.45) is 3.08. The zero-order valence-electron chi connectivity index (χ0n) is 14.9. The molecule has 138 valence electrons. The topological polar surface area (TPSA) is 69.6 Å². The van der Waals surface area contributed by atoms with Crippen molar-refractivity contribution in [2.45, 2.75) is 6.92 Å². The third-order valence-electron chi connectivity index (χ3n) is 5.01. The number of carboxylic acids is 1. The van der Waals surface area contributed by atoms with Crippen molar-refractivity contribution in [3.63, 3.8) is 0 Å². The van der Waals surface area contributed by atoms with Crippen LogP contribution < -0.4 is 9.80 Å². The van der Waals surface area contributed by atoms with Gasteiger partial charge in [0.25, 0.3) is 0 Å². The van der Waals surface area contributed by atoms with Crippen LogP contribution in [0.15, 0.2) is 42.9 Å². The van der Waals surface area contributed by atoms with Gasteiger partial charge in [-0.15, -0.1) is 0 Å². The van der Waals surface area contributed by atoms with Crippen molar-refractivity contribution in [1.82, 2.24) is 9.97 Å². The van der Waals surface area contributed by atoms with E-state index in [9.17, 15) is 9.90 Å². The zero-order valence-corrected chi connectivity index (χ0v) is 15.6. The van der Waals surface area contributed by atoms with Crippen LogP contribution in [0.25, 0.3) is 10.9 Å². The van der Waals surface area contributed by atoms with Gasteiger partial charge in [-0.25, -0.2) is 14.8 Å². The van der Waals surface area contributed by atoms with Crippen LogP contribution in [0.1, 0.15) is 15.9 Å². The van der Waals surface area contributed by atoms with Gasteiger partial charge < -0.3 is 14.9 Å². The number of aromatic carboxylic acids is 1. The third-order valence-corrected chi connectivity index (χ3v) is 5.25. The Hall–Kier alpha value is -2.86. The van der Waals surface area contributed by atoms with E-state index >= 15 is 0 Å². The summed E-state index contributed by atoms with van der Waals surface area (Å²) in [5.41, 5.74) is 4.01. The first-order chi connectivity index (χ1) is 13.0. The summed E-state index contributed by atoms with van der Waals surface area (Å²) in [5.74, 6) is -0.980. The van der Waals surface area contributed by atoms with E-state index in [4.69, 9.17) is 11.6 Å². The average Bonchev–Trinajstić information content (AvgIpc) is 2.69. The van der Waals surface area contributed by atoms with Crippen LogP contribution in [0.3, 0.4) is 0 Å². The minimum atomic E-state index is -0.980. The Morgan fingerprint density at radius 3 is 2.48 bits per heavy atom. The Labute approximate surface area is 162 Å². The molecule has 1 fully saturated rings. The molecule has 0 atom stereocenters. The van der Waals surface area contributed by atoms with Gasteiger partial charge in [0.2, 0.25) is 0 Å². The molecule has 1 aliphatic heterocycles. The van der Waals surface area contributed by atoms with Gasteiger partial charge in [-0.2, -0.15) is 0 Å². The molecule has 1 aromatic heterocycles. The van der Waals surface area contributed by atoms with Crippen LogP contribution in [-0.2, 0) is 0 Å². The smallest absolute Gasteiger partial charge is 0.337 e. The molecule has 0 spiro atoms. The van der Waals surface area contributed by atoms with Crippen LogP contribution in [-0.4, -0.2) is 47.2 Å². The lowest BCUT2D eigenvalue weighted by molar-refractivity contribution is 0.0699. The molecule has 4 rings (SSSR count). The minimum Gasteiger partial charge on any atom is -0.478 e. The highest BCUT2D eigenvalue weighted by atomic mass is 35.5. The lowest BCUT2D eigenvalue weighted by atomic mass is 10.1. The Kier molecular flexibility index (Phi) is 4.58. The number of rotatable bonds is 3. The van der Waals surface area contributed by atoms with Crippen molar-refractivity contribution in [1.29, 1.82) is 0 Å². The predicted octanol–water partition coefficient (Wildman–Crippen LogP) is 3.62. The van der Waals surface area contributed by atoms with E-state index in [0.29, 0.717) is 5.52 Å². The van der Waals surface area contributed by atoms with Crippen molar-refractivity contribution in [2.24, 2.45) is 0 Å². The molecule has 1 saturated heterocycles. The number of halogens is 1. The van der Waals surface area contributed by atoms with Gasteiger partial charge in [-0.1, -0.05) is 17.7 Å². The van der Waals surface area contributed by atoms with E-state index in [1.54, 1.807) is 12.3 Å². The number of aryl methyl sites for hydroxylation is 1. The predicted molar refractivity (Wildman–Crippen MR) is 107 cm³/mol. The second kappa shape index (κ2) is 7.04. The van der Waals surface area contributed by atoms with Crippen molar-refractivity contribution < 1.29 is 9.90 Å². The van der Waals surface area contributed by atoms with Crippen LogP contribution in [0, 0.1) is 6.92 Å². The molecule has 27 heavy (non-hydrogen) atoms. The molecular weight excluding hydrogens is 364 g/mol. The third kappa shape index (κ3) is 3.28. The van der Waals surface area contributed by atoms with Crippen LogP contribution in [0.2, 0.25) is 5.02 Å². The number of aromatic nitrogens is 2. The van der Waals surface area contributed by atoms with Gasteiger partial charge in [0, 0.05) is 54.2 Å². The maximum Gasteiger partial charge on any atom is 0.337 e. The molecule has 2 aromatic carbocycles. The first-order valence-corrected chi connectivity index (χ1v) is 9.14. The maximum atomic E-state index is 11.5. The number of piperazine rings is 1. The van der Waals surface area contributed by atoms with E-state index < -0.39 is 5.97 Å². The summed E-state index contributed by atoms with van der Waals surface area (Å²) in [7, 11) is 0. The molecule has 0 radical (unpaired) electrons. The second-order valence-electron chi connectivity index (χ2n) is 6.63. The fraction of sp³-hybridized carbons (Fsp3) is 0.250. The van der Waals surface area contributed by atoms with Gasteiger partial charge in [-0.05, 0) is 36.8 Å². The van der Waals surface area contributed by atoms with Crippen LogP contribution >= 0.6 is 11.6 Å². The Morgan fingerprint density at radius 1 is 1.07 bits per heavy atom. The molecule has 0 bridgehead atoms. The minimum absolute atomic E-state index is 0.198. The number of carbonyl (C=O) groups is 1. The highest BCUT2D eigenvalue weighted by molar-refractivity contribution is 6.30. The Bertz CT molecular complexity index is 1020. The van der Waals surface area contributed by atoms with Gasteiger partial charge in [0.05, 0.1) is 11.1 Å². The van der Waals surface area contributed by atoms with Crippen molar-refractivity contribution >= 4 is 39.8 Å². The molecule has 1 N–H and O–H groups in total. The normalized spacial score (nSPS) is 14.6. The molecule has 0 saturated carbocycles. The summed E-state index contributed by atoms with van der Waals surface area (Å²) in [6.45, 7) is 5.45. The molecule has 3 aromatic rings. The molecule has 6 nitrogen and oxygen atoms in total. The molecule has 2 heterocycles. The lowest BCUT2D eigenvalue weighted by Crippen LogP contribution is -2.46. The van der Waals surface area contributed by atoms with E-state index in [-0.39, 0.29) is 5.56 Å². The van der Waals surface area contributed by atoms with E-state index in [0.717, 1.165) is 48.0 Å². The largest absolute Gasteiger partial charge is 0.478 e. The molecular formula is C20H19ClN4O2. The molecule has 1 aliphatic rings. The Balaban J connectivity index is 1.61. The molecule has 0 unspecified atom stereocenters. The molecule has 7 heteroatoms. The highest BCUT2D eigenvalue weighted by Crippen LogP contribution is 2.30. The zero-order chi connectivity index (χ0) is 19.0. The van der Waals surface area contributed by atoms with Crippen molar-refractivity contribution in [2.75, 3.05) is 36.0 Å². The number of anilines is 2. The van der Waals surface area contributed by atoms with E-state index in [1.165, 1.54) is 11.9 Å². The molecule has 0 amide bonds. The highest BCUT2D eigenvalue weighted by Gasteiger charge is 2.22. The quantitative estimate of drug-likeness (QED) is 0.746. The van der Waals surface area contributed by atoms with Gasteiger partial charge >= 0.3 is 5.97 Å². The summed E-state index contributed by atoms with van der Waals surface area (Å²) >= 11 is 6.17. The molecule has 0 aliphatic carbocycles. The van der Waals surface area contributed by atoms with Gasteiger partial charge in [-0.3, -0.25) is 0 Å². The lowest BCUT2D eigenvalue weighted by Gasteiger charge is -2.38. The number of carboxylic acid groups (broad SMARTS) is 1. The van der Waals surface area contributed by atoms with E-state index in [1.807, 2.05) is 24.3 Å².